The van der Waals surface area contributed by atoms with Crippen molar-refractivity contribution in [1.29, 1.82) is 0 Å². The molecule has 0 aromatic carbocycles. The number of carbonyl (C=O) groups excluding carboxylic acids is 1. The SMILES string of the molecule is Cc1cc(C)c(C(=O)NCC(F)F)o1. The molecular formula is C9H11F2NO2. The highest BCUT2D eigenvalue weighted by atomic mass is 19.3. The molecule has 5 heteroatoms. The summed E-state index contributed by atoms with van der Waals surface area (Å²) in [5.41, 5.74) is 0.647. The number of hydrogen-bond acceptors (Lipinski definition) is 2. The van der Waals surface area contributed by atoms with Gasteiger partial charge in [0.05, 0.1) is 6.54 Å². The summed E-state index contributed by atoms with van der Waals surface area (Å²) >= 11 is 0. The molecule has 1 amide bonds. The van der Waals surface area contributed by atoms with Crippen LogP contribution in [0, 0.1) is 13.8 Å². The average Bonchev–Trinajstić information content (AvgIpc) is 2.41. The van der Waals surface area contributed by atoms with Gasteiger partial charge in [0.1, 0.15) is 5.76 Å². The molecule has 1 rings (SSSR count). The Bertz CT molecular complexity index is 334. The molecule has 0 atom stereocenters. The molecule has 1 aromatic heterocycles. The molecule has 0 spiro atoms. The van der Waals surface area contributed by atoms with Crippen molar-refractivity contribution in [1.82, 2.24) is 5.32 Å². The van der Waals surface area contributed by atoms with Crippen LogP contribution in [0.2, 0.25) is 0 Å². The number of alkyl halides is 2. The number of carbonyl (C=O) groups is 1. The highest BCUT2D eigenvalue weighted by Gasteiger charge is 2.15. The molecule has 0 aliphatic heterocycles. The van der Waals surface area contributed by atoms with Gasteiger partial charge in [0.25, 0.3) is 12.3 Å². The number of rotatable bonds is 3. The summed E-state index contributed by atoms with van der Waals surface area (Å²) in [6.07, 6.45) is -2.55. The van der Waals surface area contributed by atoms with Crippen LogP contribution in [0.1, 0.15) is 21.9 Å². The molecule has 0 saturated heterocycles. The fourth-order valence-electron chi connectivity index (χ4n) is 1.12. The van der Waals surface area contributed by atoms with Crippen molar-refractivity contribution in [2.75, 3.05) is 6.54 Å². The van der Waals surface area contributed by atoms with E-state index in [-0.39, 0.29) is 5.76 Å². The Morgan fingerprint density at radius 1 is 1.57 bits per heavy atom. The lowest BCUT2D eigenvalue weighted by atomic mass is 10.2. The van der Waals surface area contributed by atoms with E-state index in [0.717, 1.165) is 0 Å². The van der Waals surface area contributed by atoms with Crippen LogP contribution < -0.4 is 5.32 Å². The molecule has 1 aromatic rings. The summed E-state index contributed by atoms with van der Waals surface area (Å²) in [6, 6.07) is 1.68. The first-order valence-corrected chi connectivity index (χ1v) is 4.14. The third kappa shape index (κ3) is 2.55. The first kappa shape index (κ1) is 10.7. The van der Waals surface area contributed by atoms with Gasteiger partial charge in [-0.15, -0.1) is 0 Å². The van der Waals surface area contributed by atoms with Gasteiger partial charge in [-0.2, -0.15) is 0 Å². The lowest BCUT2D eigenvalue weighted by Crippen LogP contribution is -2.28. The van der Waals surface area contributed by atoms with Gasteiger partial charge >= 0.3 is 0 Å². The lowest BCUT2D eigenvalue weighted by molar-refractivity contribution is 0.0863. The fraction of sp³-hybridized carbons (Fsp3) is 0.444. The maximum atomic E-state index is 11.8. The number of amides is 1. The minimum absolute atomic E-state index is 0.100. The van der Waals surface area contributed by atoms with E-state index in [9.17, 15) is 13.6 Å². The molecule has 1 heterocycles. The molecule has 0 radical (unpaired) electrons. The second-order valence-corrected chi connectivity index (χ2v) is 2.97. The zero-order chi connectivity index (χ0) is 10.7. The Balaban J connectivity index is 2.65. The van der Waals surface area contributed by atoms with Crippen molar-refractivity contribution >= 4 is 5.91 Å². The van der Waals surface area contributed by atoms with Crippen LogP contribution in [0.4, 0.5) is 8.78 Å². The Hall–Kier alpha value is -1.39. The molecule has 0 unspecified atom stereocenters. The fourth-order valence-corrected chi connectivity index (χ4v) is 1.12. The predicted molar refractivity (Wildman–Crippen MR) is 46.5 cm³/mol. The number of nitrogens with one attached hydrogen (secondary N) is 1. The van der Waals surface area contributed by atoms with E-state index in [0.29, 0.717) is 11.3 Å². The van der Waals surface area contributed by atoms with E-state index in [2.05, 4.69) is 5.32 Å². The van der Waals surface area contributed by atoms with Crippen molar-refractivity contribution in [3.63, 3.8) is 0 Å². The summed E-state index contributed by atoms with van der Waals surface area (Å²) in [5, 5.41) is 2.07. The standard InChI is InChI=1S/C9H11F2NO2/c1-5-3-6(2)14-8(5)9(13)12-4-7(10)11/h3,7H,4H2,1-2H3,(H,12,13). The number of halogens is 2. The van der Waals surface area contributed by atoms with Crippen molar-refractivity contribution < 1.29 is 18.0 Å². The lowest BCUT2D eigenvalue weighted by Gasteiger charge is -2.01. The third-order valence-electron chi connectivity index (χ3n) is 1.66. The third-order valence-corrected chi connectivity index (χ3v) is 1.66. The summed E-state index contributed by atoms with van der Waals surface area (Å²) in [4.78, 5) is 11.2. The minimum Gasteiger partial charge on any atom is -0.456 e. The summed E-state index contributed by atoms with van der Waals surface area (Å²) < 4.78 is 28.6. The highest BCUT2D eigenvalue weighted by Crippen LogP contribution is 2.13. The van der Waals surface area contributed by atoms with Gasteiger partial charge < -0.3 is 9.73 Å². The van der Waals surface area contributed by atoms with Crippen molar-refractivity contribution in [2.45, 2.75) is 20.3 Å². The maximum absolute atomic E-state index is 11.8. The van der Waals surface area contributed by atoms with Gasteiger partial charge in [-0.25, -0.2) is 8.78 Å². The molecule has 0 aliphatic carbocycles. The van der Waals surface area contributed by atoms with Gasteiger partial charge in [0, 0.05) is 5.56 Å². The van der Waals surface area contributed by atoms with Crippen molar-refractivity contribution in [2.24, 2.45) is 0 Å². The zero-order valence-corrected chi connectivity index (χ0v) is 7.93. The molecule has 0 fully saturated rings. The summed E-state index contributed by atoms with van der Waals surface area (Å²) in [5.74, 6) is 0.0868. The largest absolute Gasteiger partial charge is 0.456 e. The topological polar surface area (TPSA) is 42.2 Å². The number of aryl methyl sites for hydroxylation is 2. The number of hydrogen-bond donors (Lipinski definition) is 1. The Morgan fingerprint density at radius 3 is 2.64 bits per heavy atom. The van der Waals surface area contributed by atoms with E-state index in [1.165, 1.54) is 0 Å². The van der Waals surface area contributed by atoms with Gasteiger partial charge in [-0.1, -0.05) is 0 Å². The summed E-state index contributed by atoms with van der Waals surface area (Å²) in [7, 11) is 0. The number of furan rings is 1. The van der Waals surface area contributed by atoms with Crippen LogP contribution in [-0.2, 0) is 0 Å². The normalized spacial score (nSPS) is 10.6. The zero-order valence-electron chi connectivity index (χ0n) is 7.93. The van der Waals surface area contributed by atoms with Gasteiger partial charge in [-0.05, 0) is 19.9 Å². The van der Waals surface area contributed by atoms with Crippen molar-refractivity contribution in [3.8, 4) is 0 Å². The quantitative estimate of drug-likeness (QED) is 0.815. The molecule has 14 heavy (non-hydrogen) atoms. The molecule has 0 aliphatic rings. The predicted octanol–water partition coefficient (Wildman–Crippen LogP) is 1.89. The first-order chi connectivity index (χ1) is 6.50. The maximum Gasteiger partial charge on any atom is 0.287 e. The van der Waals surface area contributed by atoms with Crippen molar-refractivity contribution in [3.05, 3.63) is 23.2 Å². The Morgan fingerprint density at radius 2 is 2.21 bits per heavy atom. The van der Waals surface area contributed by atoms with Gasteiger partial charge in [0.15, 0.2) is 5.76 Å². The van der Waals surface area contributed by atoms with E-state index in [1.807, 2.05) is 0 Å². The van der Waals surface area contributed by atoms with Crippen LogP contribution in [0.25, 0.3) is 0 Å². The van der Waals surface area contributed by atoms with E-state index in [4.69, 9.17) is 4.42 Å². The van der Waals surface area contributed by atoms with Crippen LogP contribution in [0.3, 0.4) is 0 Å². The average molecular weight is 203 g/mol. The van der Waals surface area contributed by atoms with Crippen LogP contribution in [0.5, 0.6) is 0 Å². The van der Waals surface area contributed by atoms with E-state index >= 15 is 0 Å². The monoisotopic (exact) mass is 203 g/mol. The van der Waals surface area contributed by atoms with Gasteiger partial charge in [-0.3, -0.25) is 4.79 Å². The van der Waals surface area contributed by atoms with Crippen LogP contribution in [0.15, 0.2) is 10.5 Å². The summed E-state index contributed by atoms with van der Waals surface area (Å²) in [6.45, 7) is 2.72. The molecule has 78 valence electrons. The van der Waals surface area contributed by atoms with Crippen LogP contribution in [-0.4, -0.2) is 18.9 Å². The Kier molecular flexibility index (Phi) is 3.22. The Labute approximate surface area is 80.1 Å². The second kappa shape index (κ2) is 4.21. The smallest absolute Gasteiger partial charge is 0.287 e. The highest BCUT2D eigenvalue weighted by molar-refractivity contribution is 5.92. The van der Waals surface area contributed by atoms with Crippen LogP contribution >= 0.6 is 0 Å². The van der Waals surface area contributed by atoms with E-state index < -0.39 is 18.9 Å². The molecular weight excluding hydrogens is 192 g/mol. The molecule has 0 saturated carbocycles. The first-order valence-electron chi connectivity index (χ1n) is 4.14. The second-order valence-electron chi connectivity index (χ2n) is 2.97. The molecule has 3 nitrogen and oxygen atoms in total. The molecule has 1 N–H and O–H groups in total. The minimum atomic E-state index is -2.55. The van der Waals surface area contributed by atoms with Gasteiger partial charge in [0.2, 0.25) is 0 Å². The van der Waals surface area contributed by atoms with E-state index in [1.54, 1.807) is 19.9 Å². The molecule has 0 bridgehead atoms.